The van der Waals surface area contributed by atoms with E-state index >= 15 is 0 Å². The van der Waals surface area contributed by atoms with Crippen molar-refractivity contribution in [2.45, 2.75) is 25.9 Å². The van der Waals surface area contributed by atoms with Gasteiger partial charge >= 0.3 is 0 Å². The maximum absolute atomic E-state index is 5.62. The van der Waals surface area contributed by atoms with Crippen molar-refractivity contribution in [3.63, 3.8) is 0 Å². The Morgan fingerprint density at radius 3 is 2.14 bits per heavy atom. The first kappa shape index (κ1) is 9.65. The third-order valence-corrected chi connectivity index (χ3v) is 2.56. The summed E-state index contributed by atoms with van der Waals surface area (Å²) in [7, 11) is 0. The molecule has 1 aromatic rings. The summed E-state index contributed by atoms with van der Waals surface area (Å²) in [6.45, 7) is 3.40. The van der Waals surface area contributed by atoms with E-state index in [1.165, 1.54) is 11.1 Å². The Balaban J connectivity index is 2.22. The van der Waals surface area contributed by atoms with Crippen molar-refractivity contribution in [1.82, 2.24) is 0 Å². The standard InChI is InChI=1S/C11H15NO2/c1-11(8-12)13-6-9-4-2-3-5-10(9)7-14-11/h2-5H,6-8,12H2,1H3. The third-order valence-electron chi connectivity index (χ3n) is 2.56. The molecule has 1 aromatic carbocycles. The Morgan fingerprint density at radius 2 is 1.71 bits per heavy atom. The van der Waals surface area contributed by atoms with Gasteiger partial charge in [0, 0.05) is 6.54 Å². The minimum atomic E-state index is -0.640. The number of benzene rings is 1. The van der Waals surface area contributed by atoms with Crippen molar-refractivity contribution >= 4 is 0 Å². The first-order valence-corrected chi connectivity index (χ1v) is 4.78. The van der Waals surface area contributed by atoms with E-state index in [1.54, 1.807) is 0 Å². The smallest absolute Gasteiger partial charge is 0.178 e. The van der Waals surface area contributed by atoms with Crippen LogP contribution >= 0.6 is 0 Å². The summed E-state index contributed by atoms with van der Waals surface area (Å²) in [5.74, 6) is -0.640. The zero-order valence-electron chi connectivity index (χ0n) is 8.32. The van der Waals surface area contributed by atoms with E-state index in [-0.39, 0.29) is 0 Å². The van der Waals surface area contributed by atoms with Crippen molar-refractivity contribution in [3.05, 3.63) is 35.4 Å². The largest absolute Gasteiger partial charge is 0.344 e. The van der Waals surface area contributed by atoms with Crippen LogP contribution in [0.25, 0.3) is 0 Å². The predicted molar refractivity (Wildman–Crippen MR) is 53.5 cm³/mol. The molecule has 0 aromatic heterocycles. The van der Waals surface area contributed by atoms with Crippen LogP contribution in [0.15, 0.2) is 24.3 Å². The minimum absolute atomic E-state index is 0.376. The molecule has 0 saturated carbocycles. The lowest BCUT2D eigenvalue weighted by Crippen LogP contribution is -2.39. The molecule has 3 heteroatoms. The maximum Gasteiger partial charge on any atom is 0.178 e. The molecular weight excluding hydrogens is 178 g/mol. The van der Waals surface area contributed by atoms with Gasteiger partial charge in [-0.1, -0.05) is 24.3 Å². The van der Waals surface area contributed by atoms with E-state index in [0.717, 1.165) is 0 Å². The molecule has 0 radical (unpaired) electrons. The highest BCUT2D eigenvalue weighted by Crippen LogP contribution is 2.23. The molecule has 1 heterocycles. The van der Waals surface area contributed by atoms with Crippen LogP contribution in [-0.4, -0.2) is 12.3 Å². The number of rotatable bonds is 1. The fourth-order valence-electron chi connectivity index (χ4n) is 1.46. The van der Waals surface area contributed by atoms with Crippen LogP contribution in [0.1, 0.15) is 18.1 Å². The molecule has 1 aliphatic rings. The van der Waals surface area contributed by atoms with Crippen LogP contribution in [0.3, 0.4) is 0 Å². The number of hydrogen-bond donors (Lipinski definition) is 1. The molecule has 0 spiro atoms. The number of ether oxygens (including phenoxy) is 2. The lowest BCUT2D eigenvalue weighted by Gasteiger charge is -2.25. The Kier molecular flexibility index (Phi) is 2.54. The minimum Gasteiger partial charge on any atom is -0.344 e. The van der Waals surface area contributed by atoms with Crippen LogP contribution in [0.4, 0.5) is 0 Å². The fourth-order valence-corrected chi connectivity index (χ4v) is 1.46. The highest BCUT2D eigenvalue weighted by atomic mass is 16.7. The van der Waals surface area contributed by atoms with E-state index < -0.39 is 5.79 Å². The topological polar surface area (TPSA) is 44.5 Å². The van der Waals surface area contributed by atoms with Gasteiger partial charge in [-0.05, 0) is 18.1 Å². The first-order chi connectivity index (χ1) is 6.73. The second kappa shape index (κ2) is 3.69. The molecule has 2 rings (SSSR count). The van der Waals surface area contributed by atoms with Crippen molar-refractivity contribution in [2.75, 3.05) is 6.54 Å². The molecule has 0 aliphatic carbocycles. The van der Waals surface area contributed by atoms with Gasteiger partial charge in [-0.3, -0.25) is 0 Å². The second-order valence-electron chi connectivity index (χ2n) is 3.68. The summed E-state index contributed by atoms with van der Waals surface area (Å²) in [5.41, 5.74) is 7.96. The van der Waals surface area contributed by atoms with E-state index in [2.05, 4.69) is 12.1 Å². The van der Waals surface area contributed by atoms with Crippen LogP contribution in [0.5, 0.6) is 0 Å². The molecule has 1 aliphatic heterocycles. The Morgan fingerprint density at radius 1 is 1.21 bits per heavy atom. The second-order valence-corrected chi connectivity index (χ2v) is 3.68. The summed E-state index contributed by atoms with van der Waals surface area (Å²) in [4.78, 5) is 0. The summed E-state index contributed by atoms with van der Waals surface area (Å²) >= 11 is 0. The molecular formula is C11H15NO2. The van der Waals surface area contributed by atoms with Gasteiger partial charge in [-0.15, -0.1) is 0 Å². The summed E-state index contributed by atoms with van der Waals surface area (Å²) in [5, 5.41) is 0. The van der Waals surface area contributed by atoms with Gasteiger partial charge in [-0.2, -0.15) is 0 Å². The highest BCUT2D eigenvalue weighted by Gasteiger charge is 2.27. The van der Waals surface area contributed by atoms with Gasteiger partial charge in [0.05, 0.1) is 13.2 Å². The van der Waals surface area contributed by atoms with Crippen molar-refractivity contribution in [3.8, 4) is 0 Å². The fraction of sp³-hybridized carbons (Fsp3) is 0.455. The van der Waals surface area contributed by atoms with Crippen LogP contribution in [0, 0.1) is 0 Å². The third kappa shape index (κ3) is 1.80. The molecule has 2 N–H and O–H groups in total. The molecule has 3 nitrogen and oxygen atoms in total. The number of hydrogen-bond acceptors (Lipinski definition) is 3. The van der Waals surface area contributed by atoms with Crippen molar-refractivity contribution in [1.29, 1.82) is 0 Å². The molecule has 0 unspecified atom stereocenters. The van der Waals surface area contributed by atoms with Gasteiger partial charge in [0.15, 0.2) is 5.79 Å². The SMILES string of the molecule is CC1(CN)OCc2ccccc2CO1. The Labute approximate surface area is 83.8 Å². The number of fused-ring (bicyclic) bond motifs is 1. The maximum atomic E-state index is 5.62. The zero-order valence-corrected chi connectivity index (χ0v) is 8.32. The molecule has 0 fully saturated rings. The number of nitrogens with two attached hydrogens (primary N) is 1. The van der Waals surface area contributed by atoms with E-state index in [9.17, 15) is 0 Å². The zero-order chi connectivity index (χ0) is 10.0. The molecule has 0 saturated heterocycles. The molecule has 0 bridgehead atoms. The van der Waals surface area contributed by atoms with Gasteiger partial charge in [0.1, 0.15) is 0 Å². The van der Waals surface area contributed by atoms with Gasteiger partial charge in [0.2, 0.25) is 0 Å². The van der Waals surface area contributed by atoms with E-state index in [1.807, 2.05) is 19.1 Å². The summed E-state index contributed by atoms with van der Waals surface area (Å²) < 4.78 is 11.2. The van der Waals surface area contributed by atoms with Gasteiger partial charge in [-0.25, -0.2) is 0 Å². The average molecular weight is 193 g/mol. The van der Waals surface area contributed by atoms with Gasteiger partial charge < -0.3 is 15.2 Å². The lowest BCUT2D eigenvalue weighted by atomic mass is 10.1. The lowest BCUT2D eigenvalue weighted by molar-refractivity contribution is -0.224. The molecule has 0 atom stereocenters. The average Bonchev–Trinajstić information content (AvgIpc) is 2.40. The highest BCUT2D eigenvalue weighted by molar-refractivity contribution is 5.26. The Hall–Kier alpha value is -0.900. The molecule has 0 amide bonds. The first-order valence-electron chi connectivity index (χ1n) is 4.78. The van der Waals surface area contributed by atoms with E-state index in [4.69, 9.17) is 15.2 Å². The quantitative estimate of drug-likeness (QED) is 0.733. The van der Waals surface area contributed by atoms with Crippen LogP contribution in [-0.2, 0) is 22.7 Å². The predicted octanol–water partition coefficient (Wildman–Crippen LogP) is 1.41. The molecule has 14 heavy (non-hydrogen) atoms. The van der Waals surface area contributed by atoms with E-state index in [0.29, 0.717) is 19.8 Å². The monoisotopic (exact) mass is 193 g/mol. The van der Waals surface area contributed by atoms with Crippen LogP contribution in [0.2, 0.25) is 0 Å². The summed E-state index contributed by atoms with van der Waals surface area (Å²) in [6, 6.07) is 8.13. The molecule has 76 valence electrons. The normalized spacial score (nSPS) is 19.9. The summed E-state index contributed by atoms with van der Waals surface area (Å²) in [6.07, 6.45) is 0. The van der Waals surface area contributed by atoms with Crippen molar-refractivity contribution < 1.29 is 9.47 Å². The Bertz CT molecular complexity index is 298. The van der Waals surface area contributed by atoms with Gasteiger partial charge in [0.25, 0.3) is 0 Å². The van der Waals surface area contributed by atoms with Crippen LogP contribution < -0.4 is 5.73 Å². The van der Waals surface area contributed by atoms with Crippen molar-refractivity contribution in [2.24, 2.45) is 5.73 Å².